The molecule has 26 heavy (non-hydrogen) atoms. The van der Waals surface area contributed by atoms with Crippen LogP contribution in [-0.4, -0.2) is 35.1 Å². The summed E-state index contributed by atoms with van der Waals surface area (Å²) in [6.07, 6.45) is 0.310. The average molecular weight is 357 g/mol. The lowest BCUT2D eigenvalue weighted by atomic mass is 9.87. The minimum absolute atomic E-state index is 0.109. The summed E-state index contributed by atoms with van der Waals surface area (Å²) >= 11 is 0. The first kappa shape index (κ1) is 18.4. The highest BCUT2D eigenvalue weighted by Gasteiger charge is 2.30. The van der Waals surface area contributed by atoms with Crippen LogP contribution >= 0.6 is 0 Å². The van der Waals surface area contributed by atoms with Crippen molar-refractivity contribution in [3.63, 3.8) is 0 Å². The van der Waals surface area contributed by atoms with Crippen molar-refractivity contribution in [2.24, 2.45) is 5.92 Å². The van der Waals surface area contributed by atoms with Gasteiger partial charge in [0.25, 0.3) is 5.91 Å². The Morgan fingerprint density at radius 3 is 2.50 bits per heavy atom. The van der Waals surface area contributed by atoms with Gasteiger partial charge in [0.1, 0.15) is 11.6 Å². The number of piperidine rings is 1. The van der Waals surface area contributed by atoms with Crippen molar-refractivity contribution in [3.05, 3.63) is 66.0 Å². The highest BCUT2D eigenvalue weighted by molar-refractivity contribution is 5.81. The number of nitrogens with zero attached hydrogens (tertiary/aromatic N) is 1. The maximum atomic E-state index is 13.2. The first-order chi connectivity index (χ1) is 12.5. The molecule has 5 heteroatoms. The monoisotopic (exact) mass is 357 g/mol. The Hall–Kier alpha value is -2.40. The van der Waals surface area contributed by atoms with Gasteiger partial charge in [-0.05, 0) is 43.4 Å². The summed E-state index contributed by atoms with van der Waals surface area (Å²) in [6.45, 7) is 2.85. The van der Waals surface area contributed by atoms with Crippen LogP contribution in [0.2, 0.25) is 0 Å². The molecule has 138 valence electrons. The fourth-order valence-corrected chi connectivity index (χ4v) is 3.41. The Labute approximate surface area is 153 Å². The summed E-state index contributed by atoms with van der Waals surface area (Å²) in [6, 6.07) is 15.4. The topological polar surface area (TPSA) is 49.8 Å². The fraction of sp³-hybridized carbons (Fsp3) is 0.381. The molecule has 1 aliphatic rings. The molecule has 3 rings (SSSR count). The number of aliphatic hydroxyl groups excluding tert-OH is 1. The van der Waals surface area contributed by atoms with Crippen LogP contribution in [0.4, 0.5) is 4.39 Å². The van der Waals surface area contributed by atoms with Crippen molar-refractivity contribution in [1.82, 2.24) is 4.90 Å². The Kier molecular flexibility index (Phi) is 5.89. The highest BCUT2D eigenvalue weighted by atomic mass is 19.1. The van der Waals surface area contributed by atoms with Gasteiger partial charge >= 0.3 is 0 Å². The highest BCUT2D eigenvalue weighted by Crippen LogP contribution is 2.31. The molecule has 0 aromatic heterocycles. The first-order valence-electron chi connectivity index (χ1n) is 8.98. The number of hydrogen-bond acceptors (Lipinski definition) is 3. The van der Waals surface area contributed by atoms with E-state index in [0.717, 1.165) is 18.4 Å². The van der Waals surface area contributed by atoms with Gasteiger partial charge in [0.05, 0.1) is 6.10 Å². The molecule has 1 heterocycles. The quantitative estimate of drug-likeness (QED) is 0.890. The van der Waals surface area contributed by atoms with Crippen LogP contribution < -0.4 is 4.74 Å². The van der Waals surface area contributed by atoms with Gasteiger partial charge in [0, 0.05) is 19.2 Å². The molecular formula is C21H24FNO3. The second-order valence-electron chi connectivity index (χ2n) is 6.74. The first-order valence-corrected chi connectivity index (χ1v) is 8.98. The molecule has 0 radical (unpaired) electrons. The van der Waals surface area contributed by atoms with Crippen LogP contribution in [0, 0.1) is 11.7 Å². The van der Waals surface area contributed by atoms with Crippen molar-refractivity contribution < 1.29 is 19.0 Å². The molecular weight excluding hydrogens is 333 g/mol. The minimum Gasteiger partial charge on any atom is -0.481 e. The fourth-order valence-electron chi connectivity index (χ4n) is 3.41. The molecule has 2 aromatic carbocycles. The third kappa shape index (κ3) is 4.41. The van der Waals surface area contributed by atoms with Crippen molar-refractivity contribution in [2.45, 2.75) is 32.0 Å². The smallest absolute Gasteiger partial charge is 0.263 e. The normalized spacial score (nSPS) is 17.6. The van der Waals surface area contributed by atoms with E-state index in [1.54, 1.807) is 24.0 Å². The molecule has 2 atom stereocenters. The largest absolute Gasteiger partial charge is 0.481 e. The average Bonchev–Trinajstić information content (AvgIpc) is 2.67. The number of halogens is 1. The summed E-state index contributed by atoms with van der Waals surface area (Å²) in [7, 11) is 0. The molecule has 0 bridgehead atoms. The van der Waals surface area contributed by atoms with Crippen molar-refractivity contribution in [3.8, 4) is 5.75 Å². The molecule has 2 aromatic rings. The van der Waals surface area contributed by atoms with E-state index in [9.17, 15) is 14.3 Å². The van der Waals surface area contributed by atoms with E-state index in [4.69, 9.17) is 4.74 Å². The molecule has 1 saturated heterocycles. The number of carbonyl (C=O) groups is 1. The molecule has 1 aliphatic heterocycles. The molecule has 0 saturated carbocycles. The standard InChI is InChI=1S/C21H24FNO3/c1-15(26-19-9-5-8-18(22)14-19)21(25)23-12-10-17(11-13-23)20(24)16-6-3-2-4-7-16/h2-9,14-15,17,20,24H,10-13H2,1H3. The van der Waals surface area contributed by atoms with Crippen molar-refractivity contribution in [2.75, 3.05) is 13.1 Å². The summed E-state index contributed by atoms with van der Waals surface area (Å²) in [5.41, 5.74) is 0.917. The SMILES string of the molecule is CC(Oc1cccc(F)c1)C(=O)N1CCC(C(O)c2ccccc2)CC1. The maximum Gasteiger partial charge on any atom is 0.263 e. The van der Waals surface area contributed by atoms with Gasteiger partial charge in [-0.2, -0.15) is 0 Å². The lowest BCUT2D eigenvalue weighted by Crippen LogP contribution is -2.45. The van der Waals surface area contributed by atoms with E-state index in [0.29, 0.717) is 18.8 Å². The van der Waals surface area contributed by atoms with Crippen LogP contribution in [0.15, 0.2) is 54.6 Å². The maximum absolute atomic E-state index is 13.2. The summed E-state index contributed by atoms with van der Waals surface area (Å²) in [5.74, 6) is -0.0131. The number of rotatable bonds is 5. The van der Waals surface area contributed by atoms with Gasteiger partial charge in [-0.1, -0.05) is 36.4 Å². The van der Waals surface area contributed by atoms with Crippen LogP contribution in [0.5, 0.6) is 5.75 Å². The number of carbonyl (C=O) groups excluding carboxylic acids is 1. The molecule has 0 spiro atoms. The van der Waals surface area contributed by atoms with E-state index in [1.807, 2.05) is 30.3 Å². The third-order valence-corrected chi connectivity index (χ3v) is 4.90. The van der Waals surface area contributed by atoms with Crippen LogP contribution in [0.3, 0.4) is 0 Å². The molecule has 0 aliphatic carbocycles. The van der Waals surface area contributed by atoms with Crippen LogP contribution in [0.1, 0.15) is 31.4 Å². The molecule has 1 amide bonds. The van der Waals surface area contributed by atoms with E-state index in [1.165, 1.54) is 12.1 Å². The third-order valence-electron chi connectivity index (χ3n) is 4.90. The van der Waals surface area contributed by atoms with E-state index >= 15 is 0 Å². The van der Waals surface area contributed by atoms with Gasteiger partial charge in [-0.15, -0.1) is 0 Å². The van der Waals surface area contributed by atoms with Crippen molar-refractivity contribution in [1.29, 1.82) is 0 Å². The van der Waals surface area contributed by atoms with Gasteiger partial charge < -0.3 is 14.7 Å². The predicted molar refractivity (Wildman–Crippen MR) is 97.2 cm³/mol. The summed E-state index contributed by atoms with van der Waals surface area (Å²) in [4.78, 5) is 14.3. The molecule has 2 unspecified atom stereocenters. The van der Waals surface area contributed by atoms with E-state index < -0.39 is 18.0 Å². The van der Waals surface area contributed by atoms with Crippen LogP contribution in [-0.2, 0) is 4.79 Å². The second-order valence-corrected chi connectivity index (χ2v) is 6.74. The molecule has 4 nitrogen and oxygen atoms in total. The minimum atomic E-state index is -0.674. The summed E-state index contributed by atoms with van der Waals surface area (Å²) in [5, 5.41) is 10.5. The Balaban J connectivity index is 1.53. The lowest BCUT2D eigenvalue weighted by molar-refractivity contribution is -0.140. The number of aliphatic hydroxyl groups is 1. The predicted octanol–water partition coefficient (Wildman–Crippen LogP) is 3.57. The summed E-state index contributed by atoms with van der Waals surface area (Å²) < 4.78 is 18.8. The number of likely N-dealkylation sites (tertiary alicyclic amines) is 1. The van der Waals surface area contributed by atoms with Gasteiger partial charge in [0.15, 0.2) is 6.10 Å². The zero-order valence-corrected chi connectivity index (χ0v) is 14.8. The Morgan fingerprint density at radius 1 is 1.15 bits per heavy atom. The number of amides is 1. The van der Waals surface area contributed by atoms with Gasteiger partial charge in [-0.3, -0.25) is 4.79 Å². The van der Waals surface area contributed by atoms with Gasteiger partial charge in [-0.25, -0.2) is 4.39 Å². The lowest BCUT2D eigenvalue weighted by Gasteiger charge is -2.35. The number of benzene rings is 2. The van der Waals surface area contributed by atoms with Gasteiger partial charge in [0.2, 0.25) is 0 Å². The number of hydrogen-bond donors (Lipinski definition) is 1. The Bertz CT molecular complexity index is 729. The zero-order chi connectivity index (χ0) is 18.5. The molecule has 1 N–H and O–H groups in total. The van der Waals surface area contributed by atoms with E-state index in [-0.39, 0.29) is 11.8 Å². The van der Waals surface area contributed by atoms with Crippen LogP contribution in [0.25, 0.3) is 0 Å². The van der Waals surface area contributed by atoms with Crippen molar-refractivity contribution >= 4 is 5.91 Å². The Morgan fingerprint density at radius 2 is 1.85 bits per heavy atom. The second kappa shape index (κ2) is 8.32. The molecule has 1 fully saturated rings. The van der Waals surface area contributed by atoms with E-state index in [2.05, 4.69) is 0 Å². The zero-order valence-electron chi connectivity index (χ0n) is 14.8. The number of ether oxygens (including phenoxy) is 1.